The lowest BCUT2D eigenvalue weighted by molar-refractivity contribution is 0.0681. The molecule has 0 radical (unpaired) electrons. The Hall–Kier alpha value is -2.54. The molecule has 1 saturated heterocycles. The van der Waals surface area contributed by atoms with Crippen LogP contribution in [0.2, 0.25) is 0 Å². The van der Waals surface area contributed by atoms with Crippen LogP contribution in [0.3, 0.4) is 0 Å². The molecule has 0 spiro atoms. The molecule has 0 bridgehead atoms. The van der Waals surface area contributed by atoms with Gasteiger partial charge in [-0.3, -0.25) is 9.10 Å². The highest BCUT2D eigenvalue weighted by Crippen LogP contribution is 2.36. The molecule has 166 valence electrons. The minimum absolute atomic E-state index is 0.0102. The van der Waals surface area contributed by atoms with Crippen molar-refractivity contribution in [3.8, 4) is 5.75 Å². The molecule has 1 amide bonds. The molecule has 1 fully saturated rings. The Morgan fingerprint density at radius 2 is 1.81 bits per heavy atom. The number of ether oxygens (including phenoxy) is 1. The van der Waals surface area contributed by atoms with Crippen LogP contribution in [0.25, 0.3) is 0 Å². The predicted molar refractivity (Wildman–Crippen MR) is 122 cm³/mol. The predicted octanol–water partition coefficient (Wildman–Crippen LogP) is 4.16. The van der Waals surface area contributed by atoms with Gasteiger partial charge in [0, 0.05) is 18.2 Å². The van der Waals surface area contributed by atoms with Crippen molar-refractivity contribution in [1.82, 2.24) is 4.90 Å². The molecule has 6 nitrogen and oxygen atoms in total. The van der Waals surface area contributed by atoms with Crippen LogP contribution in [0.5, 0.6) is 5.75 Å². The lowest BCUT2D eigenvalue weighted by Gasteiger charge is -2.31. The van der Waals surface area contributed by atoms with Crippen LogP contribution in [-0.2, 0) is 16.4 Å². The van der Waals surface area contributed by atoms with Crippen molar-refractivity contribution in [2.45, 2.75) is 51.1 Å². The fraction of sp³-hybridized carbons (Fsp3) is 0.458. The van der Waals surface area contributed by atoms with Crippen molar-refractivity contribution in [2.75, 3.05) is 24.2 Å². The summed E-state index contributed by atoms with van der Waals surface area (Å²) in [4.78, 5) is 15.6. The molecule has 0 N–H and O–H groups in total. The lowest BCUT2D eigenvalue weighted by atomic mass is 9.99. The van der Waals surface area contributed by atoms with Crippen LogP contribution in [0.1, 0.15) is 60.1 Å². The number of carbonyl (C=O) groups is 1. The first kappa shape index (κ1) is 21.7. The van der Waals surface area contributed by atoms with E-state index in [1.54, 1.807) is 19.2 Å². The number of likely N-dealkylation sites (tertiary alicyclic amines) is 1. The second kappa shape index (κ2) is 8.54. The zero-order valence-electron chi connectivity index (χ0n) is 18.4. The molecule has 7 heteroatoms. The van der Waals surface area contributed by atoms with E-state index < -0.39 is 10.0 Å². The standard InChI is InChI=1S/C24H30N2O4S/c1-17-15-20-16-19(10-13-23(20)26(17)31(3,28)29)24(27)25-14-6-4-5-7-22(25)18-8-11-21(30-2)12-9-18/h8-13,16-17,22H,4-7,14-15H2,1-3H3. The molecule has 0 aliphatic carbocycles. The van der Waals surface area contributed by atoms with E-state index in [9.17, 15) is 13.2 Å². The maximum atomic E-state index is 13.6. The van der Waals surface area contributed by atoms with E-state index in [0.717, 1.165) is 49.1 Å². The third-order valence-electron chi connectivity index (χ3n) is 6.35. The van der Waals surface area contributed by atoms with Gasteiger partial charge >= 0.3 is 0 Å². The molecule has 0 aromatic heterocycles. The molecule has 31 heavy (non-hydrogen) atoms. The van der Waals surface area contributed by atoms with Crippen LogP contribution in [-0.4, -0.2) is 45.2 Å². The Morgan fingerprint density at radius 3 is 2.48 bits per heavy atom. The molecule has 4 rings (SSSR count). The molecular formula is C24H30N2O4S. The Morgan fingerprint density at radius 1 is 1.06 bits per heavy atom. The Balaban J connectivity index is 1.64. The van der Waals surface area contributed by atoms with Crippen molar-refractivity contribution in [2.24, 2.45) is 0 Å². The van der Waals surface area contributed by atoms with Gasteiger partial charge in [0.25, 0.3) is 5.91 Å². The van der Waals surface area contributed by atoms with Crippen molar-refractivity contribution in [3.63, 3.8) is 0 Å². The van der Waals surface area contributed by atoms with E-state index >= 15 is 0 Å². The van der Waals surface area contributed by atoms with Gasteiger partial charge in [0.2, 0.25) is 10.0 Å². The number of carbonyl (C=O) groups excluding carboxylic acids is 1. The van der Waals surface area contributed by atoms with Gasteiger partial charge in [0.1, 0.15) is 5.75 Å². The normalized spacial score (nSPS) is 21.5. The van der Waals surface area contributed by atoms with Gasteiger partial charge in [-0.25, -0.2) is 8.42 Å². The number of fused-ring (bicyclic) bond motifs is 1. The number of nitrogens with zero attached hydrogens (tertiary/aromatic N) is 2. The highest BCUT2D eigenvalue weighted by Gasteiger charge is 2.34. The zero-order valence-corrected chi connectivity index (χ0v) is 19.2. The lowest BCUT2D eigenvalue weighted by Crippen LogP contribution is -2.35. The maximum absolute atomic E-state index is 13.6. The first-order chi connectivity index (χ1) is 14.8. The SMILES string of the molecule is COc1ccc(C2CCCCCN2C(=O)c2ccc3c(c2)CC(C)N3S(C)(=O)=O)cc1. The van der Waals surface area contributed by atoms with Crippen molar-refractivity contribution in [3.05, 3.63) is 59.2 Å². The second-order valence-electron chi connectivity index (χ2n) is 8.59. The van der Waals surface area contributed by atoms with Gasteiger partial charge in [-0.1, -0.05) is 25.0 Å². The average Bonchev–Trinajstić information content (AvgIpc) is 2.91. The molecular weight excluding hydrogens is 412 g/mol. The number of rotatable bonds is 4. The van der Waals surface area contributed by atoms with Crippen molar-refractivity contribution < 1.29 is 17.9 Å². The third kappa shape index (κ3) is 4.28. The molecule has 2 unspecified atom stereocenters. The molecule has 2 aromatic rings. The van der Waals surface area contributed by atoms with Gasteiger partial charge in [-0.2, -0.15) is 0 Å². The van der Waals surface area contributed by atoms with Crippen LogP contribution in [0.15, 0.2) is 42.5 Å². The van der Waals surface area contributed by atoms with E-state index in [1.807, 2.05) is 42.2 Å². The van der Waals surface area contributed by atoms with Gasteiger partial charge < -0.3 is 9.64 Å². The Labute approximate surface area is 184 Å². The molecule has 2 aromatic carbocycles. The van der Waals surface area contributed by atoms with Crippen LogP contribution >= 0.6 is 0 Å². The van der Waals surface area contributed by atoms with E-state index in [4.69, 9.17) is 4.74 Å². The van der Waals surface area contributed by atoms with Gasteiger partial charge in [0.15, 0.2) is 0 Å². The van der Waals surface area contributed by atoms with E-state index in [0.29, 0.717) is 17.7 Å². The minimum atomic E-state index is -3.35. The molecule has 2 aliphatic heterocycles. The Bertz CT molecular complexity index is 1070. The van der Waals surface area contributed by atoms with E-state index in [-0.39, 0.29) is 18.0 Å². The summed E-state index contributed by atoms with van der Waals surface area (Å²) in [5, 5.41) is 0. The molecule has 2 heterocycles. The fourth-order valence-electron chi connectivity index (χ4n) is 4.93. The first-order valence-corrected chi connectivity index (χ1v) is 12.7. The quantitative estimate of drug-likeness (QED) is 0.713. The number of sulfonamides is 1. The first-order valence-electron chi connectivity index (χ1n) is 10.9. The summed E-state index contributed by atoms with van der Waals surface area (Å²) >= 11 is 0. The second-order valence-corrected chi connectivity index (χ2v) is 10.5. The summed E-state index contributed by atoms with van der Waals surface area (Å²) in [6, 6.07) is 13.3. The largest absolute Gasteiger partial charge is 0.497 e. The zero-order chi connectivity index (χ0) is 22.2. The highest BCUT2D eigenvalue weighted by atomic mass is 32.2. The van der Waals surface area contributed by atoms with E-state index in [2.05, 4.69) is 0 Å². The average molecular weight is 443 g/mol. The van der Waals surface area contributed by atoms with Crippen LogP contribution < -0.4 is 9.04 Å². The maximum Gasteiger partial charge on any atom is 0.254 e. The molecule has 2 atom stereocenters. The summed E-state index contributed by atoms with van der Waals surface area (Å²) in [5.74, 6) is 0.814. The summed E-state index contributed by atoms with van der Waals surface area (Å²) < 4.78 is 31.1. The monoisotopic (exact) mass is 442 g/mol. The fourth-order valence-corrected chi connectivity index (χ4v) is 6.19. The summed E-state index contributed by atoms with van der Waals surface area (Å²) in [6.45, 7) is 2.62. The summed E-state index contributed by atoms with van der Waals surface area (Å²) in [5.41, 5.74) is 3.35. The van der Waals surface area contributed by atoms with Gasteiger partial charge in [-0.05, 0) is 67.6 Å². The number of anilines is 1. The number of methoxy groups -OCH3 is 1. The van der Waals surface area contributed by atoms with Crippen molar-refractivity contribution in [1.29, 1.82) is 0 Å². The van der Waals surface area contributed by atoms with Gasteiger partial charge in [0.05, 0.1) is 25.1 Å². The smallest absolute Gasteiger partial charge is 0.254 e. The van der Waals surface area contributed by atoms with Crippen LogP contribution in [0.4, 0.5) is 5.69 Å². The summed E-state index contributed by atoms with van der Waals surface area (Å²) in [6.07, 6.45) is 5.97. The third-order valence-corrected chi connectivity index (χ3v) is 7.62. The Kier molecular flexibility index (Phi) is 5.97. The van der Waals surface area contributed by atoms with Crippen LogP contribution in [0, 0.1) is 0 Å². The number of amides is 1. The minimum Gasteiger partial charge on any atom is -0.497 e. The topological polar surface area (TPSA) is 66.9 Å². The molecule has 0 saturated carbocycles. The summed E-state index contributed by atoms with van der Waals surface area (Å²) in [7, 11) is -1.70. The number of hydrogen-bond acceptors (Lipinski definition) is 4. The molecule has 2 aliphatic rings. The number of benzene rings is 2. The van der Waals surface area contributed by atoms with Gasteiger partial charge in [-0.15, -0.1) is 0 Å². The van der Waals surface area contributed by atoms with Crippen molar-refractivity contribution >= 4 is 21.6 Å². The highest BCUT2D eigenvalue weighted by molar-refractivity contribution is 7.92. The number of hydrogen-bond donors (Lipinski definition) is 0. The van der Waals surface area contributed by atoms with E-state index in [1.165, 1.54) is 10.6 Å².